The summed E-state index contributed by atoms with van der Waals surface area (Å²) in [6.07, 6.45) is 5.10. The van der Waals surface area contributed by atoms with Crippen LogP contribution in [0, 0.1) is 0 Å². The van der Waals surface area contributed by atoms with Gasteiger partial charge < -0.3 is 14.8 Å². The number of hydrogen-bond donors (Lipinski definition) is 1. The molecule has 0 aliphatic rings. The van der Waals surface area contributed by atoms with Gasteiger partial charge in [-0.3, -0.25) is 9.59 Å². The van der Waals surface area contributed by atoms with Gasteiger partial charge in [0.15, 0.2) is 0 Å². The predicted molar refractivity (Wildman–Crippen MR) is 104 cm³/mol. The van der Waals surface area contributed by atoms with E-state index in [1.165, 1.54) is 12.8 Å². The molecule has 0 saturated carbocycles. The lowest BCUT2D eigenvalue weighted by Gasteiger charge is -2.16. The van der Waals surface area contributed by atoms with Crippen molar-refractivity contribution in [3.63, 3.8) is 0 Å². The molecule has 0 aliphatic carbocycles. The topological polar surface area (TPSA) is 54.3 Å². The van der Waals surface area contributed by atoms with Gasteiger partial charge in [-0.1, -0.05) is 43.7 Å². The van der Waals surface area contributed by atoms with Crippen molar-refractivity contribution in [3.05, 3.63) is 59.9 Å². The van der Waals surface area contributed by atoms with E-state index in [2.05, 4.69) is 24.2 Å². The summed E-state index contributed by atoms with van der Waals surface area (Å²) in [4.78, 5) is 27.0. The fourth-order valence-electron chi connectivity index (χ4n) is 2.82. The van der Waals surface area contributed by atoms with Crippen molar-refractivity contribution in [3.8, 4) is 0 Å². The van der Waals surface area contributed by atoms with Gasteiger partial charge in [0.05, 0.1) is 5.69 Å². The summed E-state index contributed by atoms with van der Waals surface area (Å²) in [6.45, 7) is 5.07. The summed E-state index contributed by atoms with van der Waals surface area (Å²) in [7, 11) is 2.11. The van der Waals surface area contributed by atoms with Crippen LogP contribution in [0.15, 0.2) is 48.7 Å². The number of ketones is 1. The average molecular weight is 355 g/mol. The van der Waals surface area contributed by atoms with Gasteiger partial charge in [-0.25, -0.2) is 0 Å². The van der Waals surface area contributed by atoms with Gasteiger partial charge in [0.2, 0.25) is 11.7 Å². The molecule has 140 valence electrons. The van der Waals surface area contributed by atoms with E-state index >= 15 is 0 Å². The Morgan fingerprint density at radius 2 is 1.77 bits per heavy atom. The van der Waals surface area contributed by atoms with Gasteiger partial charge in [-0.15, -0.1) is 0 Å². The molecule has 0 saturated heterocycles. The number of benzene rings is 1. The first-order valence-corrected chi connectivity index (χ1v) is 9.32. The predicted octanol–water partition coefficient (Wildman–Crippen LogP) is 2.96. The molecule has 1 heterocycles. The quantitative estimate of drug-likeness (QED) is 0.498. The second-order valence-electron chi connectivity index (χ2n) is 6.58. The van der Waals surface area contributed by atoms with Crippen molar-refractivity contribution in [2.45, 2.75) is 32.7 Å². The summed E-state index contributed by atoms with van der Waals surface area (Å²) in [6, 6.07) is 12.7. The van der Waals surface area contributed by atoms with Crippen LogP contribution in [0.3, 0.4) is 0 Å². The second kappa shape index (κ2) is 10.6. The average Bonchev–Trinajstić information content (AvgIpc) is 3.11. The Kier molecular flexibility index (Phi) is 8.09. The van der Waals surface area contributed by atoms with Crippen LogP contribution in [0.5, 0.6) is 0 Å². The molecule has 1 N–H and O–H groups in total. The first kappa shape index (κ1) is 19.9. The highest BCUT2D eigenvalue weighted by molar-refractivity contribution is 6.08. The van der Waals surface area contributed by atoms with Gasteiger partial charge in [-0.2, -0.15) is 0 Å². The number of carbonyl (C=O) groups is 2. The van der Waals surface area contributed by atoms with Crippen LogP contribution in [0.2, 0.25) is 0 Å². The fourth-order valence-corrected chi connectivity index (χ4v) is 2.82. The highest BCUT2D eigenvalue weighted by Crippen LogP contribution is 2.10. The number of nitrogens with one attached hydrogen (secondary N) is 1. The number of unbranched alkanes of at least 4 members (excludes halogenated alkanes) is 1. The summed E-state index contributed by atoms with van der Waals surface area (Å²) >= 11 is 0. The van der Waals surface area contributed by atoms with Crippen molar-refractivity contribution >= 4 is 11.7 Å². The van der Waals surface area contributed by atoms with Gasteiger partial charge in [0.25, 0.3) is 0 Å². The molecule has 1 amide bonds. The number of aromatic nitrogens is 1. The van der Waals surface area contributed by atoms with Gasteiger partial charge >= 0.3 is 0 Å². The number of carbonyl (C=O) groups excluding carboxylic acids is 2. The Hall–Kier alpha value is -2.40. The minimum atomic E-state index is -0.0699. The van der Waals surface area contributed by atoms with Gasteiger partial charge in [0, 0.05) is 18.3 Å². The lowest BCUT2D eigenvalue weighted by atomic mass is 10.1. The molecular weight excluding hydrogens is 326 g/mol. The summed E-state index contributed by atoms with van der Waals surface area (Å²) in [5.74, 6) is -0.138. The molecule has 0 spiro atoms. The minimum absolute atomic E-state index is 0.0686. The Morgan fingerprint density at radius 1 is 1.04 bits per heavy atom. The van der Waals surface area contributed by atoms with Crippen LogP contribution in [0.4, 0.5) is 0 Å². The maximum atomic E-state index is 12.6. The molecule has 1 aromatic heterocycles. The lowest BCUT2D eigenvalue weighted by Crippen LogP contribution is -2.31. The molecule has 1 aromatic carbocycles. The van der Waals surface area contributed by atoms with E-state index in [0.717, 1.165) is 19.5 Å². The maximum Gasteiger partial charge on any atom is 0.239 e. The van der Waals surface area contributed by atoms with Gasteiger partial charge in [-0.05, 0) is 45.1 Å². The van der Waals surface area contributed by atoms with Crippen molar-refractivity contribution in [1.29, 1.82) is 0 Å². The molecule has 0 aliphatic heterocycles. The molecule has 0 bridgehead atoms. The van der Waals surface area contributed by atoms with Crippen LogP contribution in [-0.2, 0) is 11.3 Å². The maximum absolute atomic E-state index is 12.6. The molecular formula is C21H29N3O2. The smallest absolute Gasteiger partial charge is 0.239 e. The number of nitrogens with zero attached hydrogens (tertiary/aromatic N) is 2. The van der Waals surface area contributed by atoms with E-state index in [1.54, 1.807) is 35.0 Å². The highest BCUT2D eigenvalue weighted by Gasteiger charge is 2.14. The number of amides is 1. The molecule has 2 aromatic rings. The SMILES string of the molecule is CCCCN(C)CCCNC(=O)Cn1cccc1C(=O)c1ccccc1. The molecule has 0 unspecified atom stereocenters. The third-order valence-corrected chi connectivity index (χ3v) is 4.34. The minimum Gasteiger partial charge on any atom is -0.355 e. The number of rotatable bonds is 11. The lowest BCUT2D eigenvalue weighted by molar-refractivity contribution is -0.121. The molecule has 0 fully saturated rings. The largest absolute Gasteiger partial charge is 0.355 e. The van der Waals surface area contributed by atoms with Crippen molar-refractivity contribution in [2.24, 2.45) is 0 Å². The zero-order valence-corrected chi connectivity index (χ0v) is 15.8. The third kappa shape index (κ3) is 6.15. The Balaban J connectivity index is 1.80. The molecule has 5 nitrogen and oxygen atoms in total. The molecule has 26 heavy (non-hydrogen) atoms. The van der Waals surface area contributed by atoms with Crippen molar-refractivity contribution in [2.75, 3.05) is 26.7 Å². The molecule has 0 radical (unpaired) electrons. The standard InChI is InChI=1S/C21H29N3O2/c1-3-4-14-23(2)15-9-13-22-20(25)17-24-16-8-12-19(24)21(26)18-10-6-5-7-11-18/h5-8,10-12,16H,3-4,9,13-15,17H2,1-2H3,(H,22,25). The van der Waals surface area contributed by atoms with Crippen LogP contribution in [0.1, 0.15) is 42.2 Å². The number of hydrogen-bond acceptors (Lipinski definition) is 3. The van der Waals surface area contributed by atoms with E-state index in [-0.39, 0.29) is 18.2 Å². The Bertz CT molecular complexity index is 694. The highest BCUT2D eigenvalue weighted by atomic mass is 16.2. The zero-order chi connectivity index (χ0) is 18.8. The van der Waals surface area contributed by atoms with Crippen LogP contribution in [-0.4, -0.2) is 47.8 Å². The van der Waals surface area contributed by atoms with Crippen LogP contribution in [0.25, 0.3) is 0 Å². The molecule has 5 heteroatoms. The first-order valence-electron chi connectivity index (χ1n) is 9.32. The third-order valence-electron chi connectivity index (χ3n) is 4.34. The molecule has 2 rings (SSSR count). The summed E-state index contributed by atoms with van der Waals surface area (Å²) in [5, 5.41) is 2.94. The van der Waals surface area contributed by atoms with Crippen molar-refractivity contribution in [1.82, 2.24) is 14.8 Å². The first-order chi connectivity index (χ1) is 12.6. The fraction of sp³-hybridized carbons (Fsp3) is 0.429. The van der Waals surface area contributed by atoms with E-state index in [1.807, 2.05) is 18.2 Å². The van der Waals surface area contributed by atoms with E-state index in [9.17, 15) is 9.59 Å². The van der Waals surface area contributed by atoms with Crippen molar-refractivity contribution < 1.29 is 9.59 Å². The Morgan fingerprint density at radius 3 is 2.50 bits per heavy atom. The zero-order valence-electron chi connectivity index (χ0n) is 15.8. The van der Waals surface area contributed by atoms with Gasteiger partial charge in [0.1, 0.15) is 6.54 Å². The van der Waals surface area contributed by atoms with Crippen LogP contribution < -0.4 is 5.32 Å². The Labute approximate surface area is 156 Å². The van der Waals surface area contributed by atoms with E-state index < -0.39 is 0 Å². The van der Waals surface area contributed by atoms with Crippen LogP contribution >= 0.6 is 0 Å². The second-order valence-corrected chi connectivity index (χ2v) is 6.58. The van der Waals surface area contributed by atoms with E-state index in [0.29, 0.717) is 17.8 Å². The van der Waals surface area contributed by atoms with E-state index in [4.69, 9.17) is 0 Å². The normalized spacial score (nSPS) is 10.9. The summed E-state index contributed by atoms with van der Waals surface area (Å²) < 4.78 is 1.71. The summed E-state index contributed by atoms with van der Waals surface area (Å²) in [5.41, 5.74) is 1.16. The molecule has 0 atom stereocenters. The monoisotopic (exact) mass is 355 g/mol.